The third-order valence-corrected chi connectivity index (χ3v) is 4.84. The maximum absolute atomic E-state index is 12.4. The van der Waals surface area contributed by atoms with Crippen LogP contribution in [0.4, 0.5) is 0 Å². The lowest BCUT2D eigenvalue weighted by molar-refractivity contribution is 0.0740. The smallest absolute Gasteiger partial charge is 0.253 e. The molecule has 1 aromatic carbocycles. The van der Waals surface area contributed by atoms with Gasteiger partial charge in [-0.2, -0.15) is 0 Å². The molecule has 2 N–H and O–H groups in total. The van der Waals surface area contributed by atoms with Crippen LogP contribution in [0.1, 0.15) is 30.6 Å². The van der Waals surface area contributed by atoms with Crippen LogP contribution in [0.2, 0.25) is 0 Å². The van der Waals surface area contributed by atoms with E-state index < -0.39 is 10.0 Å². The minimum absolute atomic E-state index is 0.0383. The number of hydrogen-bond acceptors (Lipinski definition) is 4. The fraction of sp³-hybridized carbons (Fsp3) is 0.462. The molecule has 1 unspecified atom stereocenters. The molecule has 0 saturated heterocycles. The van der Waals surface area contributed by atoms with Crippen molar-refractivity contribution >= 4 is 31.9 Å². The predicted molar refractivity (Wildman–Crippen MR) is 83.9 cm³/mol. The monoisotopic (exact) mass is 378 g/mol. The molecule has 118 valence electrons. The van der Waals surface area contributed by atoms with Gasteiger partial charge in [-0.05, 0) is 41.4 Å². The zero-order valence-electron chi connectivity index (χ0n) is 12.4. The Kier molecular flexibility index (Phi) is 5.77. The summed E-state index contributed by atoms with van der Waals surface area (Å²) >= 11 is 3.21. The van der Waals surface area contributed by atoms with Crippen LogP contribution < -0.4 is 9.88 Å². The van der Waals surface area contributed by atoms with Gasteiger partial charge in [0, 0.05) is 18.7 Å². The van der Waals surface area contributed by atoms with Crippen molar-refractivity contribution in [1.29, 1.82) is 0 Å². The zero-order chi connectivity index (χ0) is 16.4. The lowest BCUT2D eigenvalue weighted by Crippen LogP contribution is -2.34. The molecular formula is C13H19BrN2O4S. The van der Waals surface area contributed by atoms with E-state index in [1.54, 1.807) is 11.9 Å². The molecule has 21 heavy (non-hydrogen) atoms. The normalized spacial score (nSPS) is 12.9. The molecule has 0 aliphatic carbocycles. The third-order valence-electron chi connectivity index (χ3n) is 3.34. The Hall–Kier alpha value is -1.12. The minimum Gasteiger partial charge on any atom is -0.494 e. The second-order valence-corrected chi connectivity index (χ2v) is 7.09. The van der Waals surface area contributed by atoms with E-state index in [0.29, 0.717) is 4.47 Å². The number of halogens is 1. The molecule has 0 heterocycles. The summed E-state index contributed by atoms with van der Waals surface area (Å²) in [6.07, 6.45) is 0.793. The molecule has 0 saturated carbocycles. The number of benzene rings is 1. The van der Waals surface area contributed by atoms with E-state index in [2.05, 4.69) is 15.9 Å². The number of rotatable bonds is 5. The summed E-state index contributed by atoms with van der Waals surface area (Å²) in [7, 11) is -0.995. The Labute approximate surface area is 133 Å². The lowest BCUT2D eigenvalue weighted by Gasteiger charge is -2.24. The molecule has 1 aromatic rings. The molecule has 1 amide bonds. The van der Waals surface area contributed by atoms with Crippen LogP contribution >= 0.6 is 15.9 Å². The molecule has 1 rings (SSSR count). The van der Waals surface area contributed by atoms with E-state index in [1.807, 2.05) is 13.8 Å². The van der Waals surface area contributed by atoms with Gasteiger partial charge < -0.3 is 9.64 Å². The largest absolute Gasteiger partial charge is 0.494 e. The molecule has 0 aliphatic heterocycles. The number of nitrogens with zero attached hydrogens (tertiary/aromatic N) is 1. The first-order chi connectivity index (χ1) is 9.63. The SMILES string of the molecule is CCC(C)N(C)C(=O)c1cc(Br)c(OC)c(S(N)(=O)=O)c1. The van der Waals surface area contributed by atoms with Crippen molar-refractivity contribution in [2.24, 2.45) is 5.14 Å². The van der Waals surface area contributed by atoms with Gasteiger partial charge in [0.15, 0.2) is 5.75 Å². The van der Waals surface area contributed by atoms with E-state index >= 15 is 0 Å². The summed E-state index contributed by atoms with van der Waals surface area (Å²) in [6.45, 7) is 3.88. The second kappa shape index (κ2) is 6.76. The fourth-order valence-electron chi connectivity index (χ4n) is 1.78. The average Bonchev–Trinajstić information content (AvgIpc) is 2.42. The van der Waals surface area contributed by atoms with Crippen molar-refractivity contribution in [2.45, 2.75) is 31.2 Å². The topological polar surface area (TPSA) is 89.7 Å². The molecule has 8 heteroatoms. The first kappa shape index (κ1) is 17.9. The van der Waals surface area contributed by atoms with Crippen molar-refractivity contribution in [3.8, 4) is 5.75 Å². The van der Waals surface area contributed by atoms with E-state index in [4.69, 9.17) is 9.88 Å². The van der Waals surface area contributed by atoms with Crippen LogP contribution in [0.15, 0.2) is 21.5 Å². The highest BCUT2D eigenvalue weighted by molar-refractivity contribution is 9.10. The molecule has 0 radical (unpaired) electrons. The van der Waals surface area contributed by atoms with Crippen molar-refractivity contribution in [2.75, 3.05) is 14.2 Å². The molecule has 1 atom stereocenters. The molecule has 6 nitrogen and oxygen atoms in total. The highest BCUT2D eigenvalue weighted by Crippen LogP contribution is 2.33. The first-order valence-corrected chi connectivity index (χ1v) is 8.64. The number of nitrogens with two attached hydrogens (primary N) is 1. The maximum atomic E-state index is 12.4. The van der Waals surface area contributed by atoms with Crippen molar-refractivity contribution in [3.05, 3.63) is 22.2 Å². The highest BCUT2D eigenvalue weighted by atomic mass is 79.9. The van der Waals surface area contributed by atoms with Crippen LogP contribution in [0.5, 0.6) is 5.75 Å². The van der Waals surface area contributed by atoms with Gasteiger partial charge in [0.1, 0.15) is 4.90 Å². The van der Waals surface area contributed by atoms with Crippen molar-refractivity contribution in [1.82, 2.24) is 4.90 Å². The number of ether oxygens (including phenoxy) is 1. The van der Waals surface area contributed by atoms with Gasteiger partial charge in [0.25, 0.3) is 5.91 Å². The van der Waals surface area contributed by atoms with E-state index in [-0.39, 0.29) is 28.2 Å². The molecular weight excluding hydrogens is 360 g/mol. The fourth-order valence-corrected chi connectivity index (χ4v) is 3.28. The first-order valence-electron chi connectivity index (χ1n) is 6.31. The summed E-state index contributed by atoms with van der Waals surface area (Å²) < 4.78 is 28.7. The molecule has 0 fully saturated rings. The number of primary sulfonamides is 1. The molecule has 0 spiro atoms. The van der Waals surface area contributed by atoms with Gasteiger partial charge >= 0.3 is 0 Å². The van der Waals surface area contributed by atoms with Crippen LogP contribution in [-0.2, 0) is 10.0 Å². The Bertz CT molecular complexity index is 646. The third kappa shape index (κ3) is 3.96. The van der Waals surface area contributed by atoms with Gasteiger partial charge in [-0.1, -0.05) is 6.92 Å². The maximum Gasteiger partial charge on any atom is 0.253 e. The summed E-state index contributed by atoms with van der Waals surface area (Å²) in [5.41, 5.74) is 0.231. The summed E-state index contributed by atoms with van der Waals surface area (Å²) in [5, 5.41) is 5.18. The number of amides is 1. The quantitative estimate of drug-likeness (QED) is 0.847. The molecule has 0 aliphatic rings. The number of carbonyl (C=O) groups is 1. The van der Waals surface area contributed by atoms with Gasteiger partial charge in [-0.15, -0.1) is 0 Å². The summed E-state index contributed by atoms with van der Waals surface area (Å²) in [4.78, 5) is 13.7. The second-order valence-electron chi connectivity index (χ2n) is 4.71. The van der Waals surface area contributed by atoms with Crippen LogP contribution in [0, 0.1) is 0 Å². The van der Waals surface area contributed by atoms with E-state index in [0.717, 1.165) is 6.42 Å². The number of sulfonamides is 1. The highest BCUT2D eigenvalue weighted by Gasteiger charge is 2.23. The van der Waals surface area contributed by atoms with Gasteiger partial charge in [-0.25, -0.2) is 13.6 Å². The van der Waals surface area contributed by atoms with E-state index in [1.165, 1.54) is 19.2 Å². The van der Waals surface area contributed by atoms with Gasteiger partial charge in [0.05, 0.1) is 11.6 Å². The van der Waals surface area contributed by atoms with Crippen molar-refractivity contribution in [3.63, 3.8) is 0 Å². The summed E-state index contributed by atoms with van der Waals surface area (Å²) in [6, 6.07) is 2.80. The number of methoxy groups -OCH3 is 1. The predicted octanol–water partition coefficient (Wildman–Crippen LogP) is 1.98. The Balaban J connectivity index is 3.41. The number of hydrogen-bond donors (Lipinski definition) is 1. The minimum atomic E-state index is -4.00. The molecule has 0 aromatic heterocycles. The van der Waals surface area contributed by atoms with E-state index in [9.17, 15) is 13.2 Å². The van der Waals surface area contributed by atoms with Crippen LogP contribution in [0.25, 0.3) is 0 Å². The Morgan fingerprint density at radius 2 is 2.05 bits per heavy atom. The average molecular weight is 379 g/mol. The van der Waals surface area contributed by atoms with Crippen molar-refractivity contribution < 1.29 is 17.9 Å². The lowest BCUT2D eigenvalue weighted by atomic mass is 10.1. The Morgan fingerprint density at radius 1 is 1.48 bits per heavy atom. The van der Waals surface area contributed by atoms with Crippen LogP contribution in [-0.4, -0.2) is 39.4 Å². The summed E-state index contributed by atoms with van der Waals surface area (Å²) in [5.74, 6) is -0.196. The van der Waals surface area contributed by atoms with Crippen LogP contribution in [0.3, 0.4) is 0 Å². The molecule has 0 bridgehead atoms. The number of carbonyl (C=O) groups excluding carboxylic acids is 1. The van der Waals surface area contributed by atoms with Gasteiger partial charge in [0.2, 0.25) is 10.0 Å². The Morgan fingerprint density at radius 3 is 2.48 bits per heavy atom. The zero-order valence-corrected chi connectivity index (χ0v) is 14.8. The van der Waals surface area contributed by atoms with Gasteiger partial charge in [-0.3, -0.25) is 4.79 Å². The standard InChI is InChI=1S/C13H19BrN2O4S/c1-5-8(2)16(3)13(17)9-6-10(14)12(20-4)11(7-9)21(15,18)19/h6-8H,5H2,1-4H3,(H2,15,18,19).